The van der Waals surface area contributed by atoms with Crippen LogP contribution in [0, 0.1) is 0 Å². The number of aryl methyl sites for hydroxylation is 1. The number of rotatable bonds is 7. The first kappa shape index (κ1) is 17.9. The highest BCUT2D eigenvalue weighted by Crippen LogP contribution is 2.23. The maximum Gasteiger partial charge on any atom is 0.164 e. The minimum absolute atomic E-state index is 0.144. The van der Waals surface area contributed by atoms with Crippen molar-refractivity contribution in [2.45, 2.75) is 19.4 Å². The van der Waals surface area contributed by atoms with Crippen LogP contribution in [0.3, 0.4) is 0 Å². The lowest BCUT2D eigenvalue weighted by Gasteiger charge is -2.11. The van der Waals surface area contributed by atoms with E-state index in [0.29, 0.717) is 13.0 Å². The summed E-state index contributed by atoms with van der Waals surface area (Å²) >= 11 is 0. The fourth-order valence-electron chi connectivity index (χ4n) is 3.32. The van der Waals surface area contributed by atoms with Gasteiger partial charge in [0.1, 0.15) is 5.82 Å². The fraction of sp³-hybridized carbons (Fsp3) is 0.120. The Hall–Kier alpha value is -3.46. The number of hydrogen-bond acceptors (Lipinski definition) is 3. The Balaban J connectivity index is 1.57. The van der Waals surface area contributed by atoms with E-state index in [1.54, 1.807) is 0 Å². The van der Waals surface area contributed by atoms with Crippen molar-refractivity contribution in [2.24, 2.45) is 0 Å². The third-order valence-corrected chi connectivity index (χ3v) is 4.82. The number of carbonyl (C=O) groups is 1. The van der Waals surface area contributed by atoms with Gasteiger partial charge in [-0.25, -0.2) is 4.98 Å². The molecule has 4 rings (SSSR count). The van der Waals surface area contributed by atoms with Gasteiger partial charge >= 0.3 is 0 Å². The van der Waals surface area contributed by atoms with Crippen molar-refractivity contribution in [3.05, 3.63) is 108 Å². The molecular formula is C25H22N2O. The number of ketones is 1. The first-order chi connectivity index (χ1) is 13.8. The standard InChI is InChI=1S/C25H22N2O/c28-24(16-15-19-9-3-1-4-10-19)22-17-25(26-18-20-11-5-2-6-12-20)27-23-14-8-7-13-21(22)23/h1-14,17H,15-16,18H2,(H,26,27). The van der Waals surface area contributed by atoms with Crippen LogP contribution in [0.25, 0.3) is 10.9 Å². The third kappa shape index (κ3) is 4.26. The molecule has 3 nitrogen and oxygen atoms in total. The minimum atomic E-state index is 0.144. The molecule has 1 N–H and O–H groups in total. The van der Waals surface area contributed by atoms with Crippen LogP contribution in [0.4, 0.5) is 5.82 Å². The van der Waals surface area contributed by atoms with Crippen molar-refractivity contribution < 1.29 is 4.79 Å². The molecule has 0 aliphatic rings. The number of anilines is 1. The number of benzene rings is 3. The van der Waals surface area contributed by atoms with Gasteiger partial charge in [-0.2, -0.15) is 0 Å². The molecule has 1 aromatic heterocycles. The third-order valence-electron chi connectivity index (χ3n) is 4.82. The summed E-state index contributed by atoms with van der Waals surface area (Å²) in [5.74, 6) is 0.871. The first-order valence-corrected chi connectivity index (χ1v) is 9.54. The van der Waals surface area contributed by atoms with Crippen LogP contribution < -0.4 is 5.32 Å². The van der Waals surface area contributed by atoms with E-state index in [1.807, 2.05) is 66.7 Å². The van der Waals surface area contributed by atoms with Gasteiger partial charge in [0.25, 0.3) is 0 Å². The van der Waals surface area contributed by atoms with Gasteiger partial charge in [-0.3, -0.25) is 4.79 Å². The molecule has 0 aliphatic carbocycles. The number of pyridine rings is 1. The van der Waals surface area contributed by atoms with Crippen molar-refractivity contribution in [1.82, 2.24) is 4.98 Å². The summed E-state index contributed by atoms with van der Waals surface area (Å²) in [6.45, 7) is 0.670. The number of para-hydroxylation sites is 1. The Morgan fingerprint density at radius 2 is 1.43 bits per heavy atom. The summed E-state index contributed by atoms with van der Waals surface area (Å²) in [7, 11) is 0. The second-order valence-corrected chi connectivity index (χ2v) is 6.82. The number of carbonyl (C=O) groups excluding carboxylic acids is 1. The lowest BCUT2D eigenvalue weighted by atomic mass is 9.99. The van der Waals surface area contributed by atoms with Crippen LogP contribution in [0.2, 0.25) is 0 Å². The Kier molecular flexibility index (Phi) is 5.43. The summed E-state index contributed by atoms with van der Waals surface area (Å²) in [4.78, 5) is 17.7. The molecule has 0 amide bonds. The molecule has 0 spiro atoms. The molecule has 0 atom stereocenters. The molecule has 0 radical (unpaired) electrons. The average molecular weight is 366 g/mol. The van der Waals surface area contributed by atoms with Crippen LogP contribution in [0.15, 0.2) is 91.0 Å². The number of hydrogen-bond donors (Lipinski definition) is 1. The lowest BCUT2D eigenvalue weighted by molar-refractivity contribution is 0.0984. The number of fused-ring (bicyclic) bond motifs is 1. The Labute approximate surface area is 165 Å². The minimum Gasteiger partial charge on any atom is -0.366 e. The van der Waals surface area contributed by atoms with Gasteiger partial charge < -0.3 is 5.32 Å². The summed E-state index contributed by atoms with van der Waals surface area (Å²) in [5, 5.41) is 4.27. The largest absolute Gasteiger partial charge is 0.366 e. The second-order valence-electron chi connectivity index (χ2n) is 6.82. The predicted molar refractivity (Wildman–Crippen MR) is 115 cm³/mol. The molecule has 3 heteroatoms. The SMILES string of the molecule is O=C(CCc1ccccc1)c1cc(NCc2ccccc2)nc2ccccc12. The topological polar surface area (TPSA) is 42.0 Å². The summed E-state index contributed by atoms with van der Waals surface area (Å²) in [5.41, 5.74) is 3.92. The smallest absolute Gasteiger partial charge is 0.164 e. The fourth-order valence-corrected chi connectivity index (χ4v) is 3.32. The molecule has 3 aromatic carbocycles. The van der Waals surface area contributed by atoms with Crippen LogP contribution in [0.5, 0.6) is 0 Å². The van der Waals surface area contributed by atoms with Crippen molar-refractivity contribution >= 4 is 22.5 Å². The van der Waals surface area contributed by atoms with E-state index >= 15 is 0 Å². The second kappa shape index (κ2) is 8.49. The first-order valence-electron chi connectivity index (χ1n) is 9.54. The van der Waals surface area contributed by atoms with Crippen LogP contribution in [-0.4, -0.2) is 10.8 Å². The van der Waals surface area contributed by atoms with E-state index in [1.165, 1.54) is 11.1 Å². The summed E-state index contributed by atoms with van der Waals surface area (Å²) in [6.07, 6.45) is 1.22. The number of nitrogens with zero attached hydrogens (tertiary/aromatic N) is 1. The summed E-state index contributed by atoms with van der Waals surface area (Å²) < 4.78 is 0. The zero-order valence-electron chi connectivity index (χ0n) is 15.6. The zero-order chi connectivity index (χ0) is 19.2. The highest BCUT2D eigenvalue weighted by Gasteiger charge is 2.13. The van der Waals surface area contributed by atoms with E-state index < -0.39 is 0 Å². The molecule has 4 aromatic rings. The molecule has 0 unspecified atom stereocenters. The van der Waals surface area contributed by atoms with Crippen LogP contribution in [-0.2, 0) is 13.0 Å². The summed E-state index contributed by atoms with van der Waals surface area (Å²) in [6, 6.07) is 30.0. The normalized spacial score (nSPS) is 10.7. The van der Waals surface area contributed by atoms with Gasteiger partial charge in [0.15, 0.2) is 5.78 Å². The van der Waals surface area contributed by atoms with Crippen molar-refractivity contribution in [3.63, 3.8) is 0 Å². The van der Waals surface area contributed by atoms with E-state index in [4.69, 9.17) is 0 Å². The molecule has 28 heavy (non-hydrogen) atoms. The zero-order valence-corrected chi connectivity index (χ0v) is 15.6. The van der Waals surface area contributed by atoms with Gasteiger partial charge in [0.2, 0.25) is 0 Å². The van der Waals surface area contributed by atoms with Gasteiger partial charge in [0.05, 0.1) is 5.52 Å². The predicted octanol–water partition coefficient (Wildman–Crippen LogP) is 5.66. The molecule has 0 saturated carbocycles. The number of nitrogens with one attached hydrogen (secondary N) is 1. The molecule has 138 valence electrons. The van der Waals surface area contributed by atoms with E-state index in [2.05, 4.69) is 34.6 Å². The maximum absolute atomic E-state index is 13.0. The van der Waals surface area contributed by atoms with E-state index in [-0.39, 0.29) is 5.78 Å². The highest BCUT2D eigenvalue weighted by molar-refractivity contribution is 6.08. The van der Waals surface area contributed by atoms with Crippen molar-refractivity contribution in [3.8, 4) is 0 Å². The monoisotopic (exact) mass is 366 g/mol. The highest BCUT2D eigenvalue weighted by atomic mass is 16.1. The van der Waals surface area contributed by atoms with Crippen LogP contribution in [0.1, 0.15) is 27.9 Å². The Morgan fingerprint density at radius 3 is 2.18 bits per heavy atom. The van der Waals surface area contributed by atoms with Crippen LogP contribution >= 0.6 is 0 Å². The molecule has 1 heterocycles. The van der Waals surface area contributed by atoms with Gasteiger partial charge in [-0.05, 0) is 29.7 Å². The van der Waals surface area contributed by atoms with Gasteiger partial charge in [-0.15, -0.1) is 0 Å². The maximum atomic E-state index is 13.0. The lowest BCUT2D eigenvalue weighted by Crippen LogP contribution is -2.07. The Bertz CT molecular complexity index is 1080. The molecular weight excluding hydrogens is 344 g/mol. The van der Waals surface area contributed by atoms with Gasteiger partial charge in [0, 0.05) is 23.9 Å². The number of aromatic nitrogens is 1. The van der Waals surface area contributed by atoms with E-state index in [0.717, 1.165) is 28.7 Å². The van der Waals surface area contributed by atoms with Gasteiger partial charge in [-0.1, -0.05) is 78.9 Å². The van der Waals surface area contributed by atoms with Crippen molar-refractivity contribution in [2.75, 3.05) is 5.32 Å². The molecule has 0 fully saturated rings. The molecule has 0 bridgehead atoms. The Morgan fingerprint density at radius 1 is 0.786 bits per heavy atom. The van der Waals surface area contributed by atoms with Crippen molar-refractivity contribution in [1.29, 1.82) is 0 Å². The molecule has 0 aliphatic heterocycles. The molecule has 0 saturated heterocycles. The number of Topliss-reactive ketones (excluding diaryl/α,β-unsaturated/α-hetero) is 1. The van der Waals surface area contributed by atoms with E-state index in [9.17, 15) is 4.79 Å². The average Bonchev–Trinajstić information content (AvgIpc) is 2.77. The quantitative estimate of drug-likeness (QED) is 0.429.